The number of aromatic nitrogens is 2. The average Bonchev–Trinajstić information content (AvgIpc) is 3.02. The first-order valence-electron chi connectivity index (χ1n) is 9.00. The second-order valence-electron chi connectivity index (χ2n) is 6.98. The minimum absolute atomic E-state index is 0.0177. The number of hydrogen-bond donors (Lipinski definition) is 0. The Morgan fingerprint density at radius 3 is 2.64 bits per heavy atom. The molecule has 7 heteroatoms. The Labute approximate surface area is 161 Å². The molecule has 5 nitrogen and oxygen atoms in total. The van der Waals surface area contributed by atoms with Crippen molar-refractivity contribution in [3.63, 3.8) is 0 Å². The Hall–Kier alpha value is -2.96. The van der Waals surface area contributed by atoms with Gasteiger partial charge in [0.2, 0.25) is 0 Å². The Bertz CT molecular complexity index is 983. The van der Waals surface area contributed by atoms with Gasteiger partial charge >= 0.3 is 6.61 Å². The van der Waals surface area contributed by atoms with Gasteiger partial charge in [0.05, 0.1) is 24.9 Å². The molecule has 0 aliphatic heterocycles. The minimum atomic E-state index is -2.90. The standard InChI is InChI=1S/C21H22F2N2O3/c1-13(2)12-27-20-7-5-18(28-21(22)23)9-17(20)11-25-19-6-4-15(14(3)26)8-16(19)10-24-25/h4-10,13,21H,11-12H2,1-3H3. The van der Waals surface area contributed by atoms with Gasteiger partial charge in [0.1, 0.15) is 11.5 Å². The largest absolute Gasteiger partial charge is 0.493 e. The third-order valence-corrected chi connectivity index (χ3v) is 4.20. The fraction of sp³-hybridized carbons (Fsp3) is 0.333. The molecule has 148 valence electrons. The Morgan fingerprint density at radius 2 is 1.96 bits per heavy atom. The molecular weight excluding hydrogens is 366 g/mol. The van der Waals surface area contributed by atoms with E-state index in [4.69, 9.17) is 4.74 Å². The Kier molecular flexibility index (Phi) is 5.92. The van der Waals surface area contributed by atoms with Crippen LogP contribution in [0.2, 0.25) is 0 Å². The molecule has 0 amide bonds. The number of alkyl halides is 2. The van der Waals surface area contributed by atoms with Gasteiger partial charge in [-0.15, -0.1) is 0 Å². The van der Waals surface area contributed by atoms with Gasteiger partial charge in [-0.25, -0.2) is 0 Å². The quantitative estimate of drug-likeness (QED) is 0.514. The third kappa shape index (κ3) is 4.65. The number of nitrogens with zero attached hydrogens (tertiary/aromatic N) is 2. The third-order valence-electron chi connectivity index (χ3n) is 4.20. The van der Waals surface area contributed by atoms with E-state index in [-0.39, 0.29) is 11.5 Å². The molecule has 0 saturated carbocycles. The van der Waals surface area contributed by atoms with E-state index in [2.05, 4.69) is 9.84 Å². The van der Waals surface area contributed by atoms with Crippen molar-refractivity contribution in [2.45, 2.75) is 33.9 Å². The molecule has 0 unspecified atom stereocenters. The van der Waals surface area contributed by atoms with Crippen LogP contribution in [-0.2, 0) is 6.54 Å². The molecule has 0 aliphatic rings. The molecule has 28 heavy (non-hydrogen) atoms. The molecule has 0 saturated heterocycles. The van der Waals surface area contributed by atoms with Gasteiger partial charge in [0.15, 0.2) is 5.78 Å². The van der Waals surface area contributed by atoms with Gasteiger partial charge in [-0.3, -0.25) is 9.48 Å². The lowest BCUT2D eigenvalue weighted by atomic mass is 10.1. The lowest BCUT2D eigenvalue weighted by molar-refractivity contribution is -0.0499. The number of ketones is 1. The summed E-state index contributed by atoms with van der Waals surface area (Å²) in [6.45, 7) is 3.49. The van der Waals surface area contributed by atoms with E-state index < -0.39 is 6.61 Å². The molecule has 0 fully saturated rings. The summed E-state index contributed by atoms with van der Waals surface area (Å²) in [5.74, 6) is 0.966. The molecule has 0 bridgehead atoms. The van der Waals surface area contributed by atoms with Crippen LogP contribution in [0.15, 0.2) is 42.6 Å². The molecule has 3 aromatic rings. The van der Waals surface area contributed by atoms with Crippen molar-refractivity contribution in [2.75, 3.05) is 6.61 Å². The van der Waals surface area contributed by atoms with Gasteiger partial charge in [-0.05, 0) is 49.2 Å². The lowest BCUT2D eigenvalue weighted by Crippen LogP contribution is -2.10. The maximum atomic E-state index is 12.6. The van der Waals surface area contributed by atoms with Gasteiger partial charge in [0, 0.05) is 16.5 Å². The van der Waals surface area contributed by atoms with E-state index in [1.165, 1.54) is 13.0 Å². The highest BCUT2D eigenvalue weighted by Gasteiger charge is 2.13. The Balaban J connectivity index is 1.94. The normalized spacial score (nSPS) is 11.4. The van der Waals surface area contributed by atoms with E-state index in [0.29, 0.717) is 35.9 Å². The van der Waals surface area contributed by atoms with Crippen molar-refractivity contribution >= 4 is 16.7 Å². The fourth-order valence-corrected chi connectivity index (χ4v) is 2.85. The first-order valence-corrected chi connectivity index (χ1v) is 9.00. The summed E-state index contributed by atoms with van der Waals surface area (Å²) in [6.07, 6.45) is 1.68. The zero-order chi connectivity index (χ0) is 20.3. The second kappa shape index (κ2) is 8.37. The maximum absolute atomic E-state index is 12.6. The number of halogens is 2. The van der Waals surface area contributed by atoms with E-state index >= 15 is 0 Å². The first-order chi connectivity index (χ1) is 13.3. The monoisotopic (exact) mass is 388 g/mol. The van der Waals surface area contributed by atoms with Crippen molar-refractivity contribution < 1.29 is 23.0 Å². The van der Waals surface area contributed by atoms with Gasteiger partial charge in [-0.1, -0.05) is 13.8 Å². The smallest absolute Gasteiger partial charge is 0.387 e. The summed E-state index contributed by atoms with van der Waals surface area (Å²) >= 11 is 0. The summed E-state index contributed by atoms with van der Waals surface area (Å²) < 4.78 is 37.3. The summed E-state index contributed by atoms with van der Waals surface area (Å²) in [5.41, 5.74) is 2.12. The van der Waals surface area contributed by atoms with Crippen molar-refractivity contribution in [2.24, 2.45) is 5.92 Å². The van der Waals surface area contributed by atoms with Crippen LogP contribution in [0.4, 0.5) is 8.78 Å². The maximum Gasteiger partial charge on any atom is 0.387 e. The number of benzene rings is 2. The average molecular weight is 388 g/mol. The summed E-state index contributed by atoms with van der Waals surface area (Å²) in [4.78, 5) is 11.6. The van der Waals surface area contributed by atoms with Gasteiger partial charge in [-0.2, -0.15) is 13.9 Å². The van der Waals surface area contributed by atoms with E-state index in [0.717, 1.165) is 10.9 Å². The van der Waals surface area contributed by atoms with Crippen molar-refractivity contribution in [3.8, 4) is 11.5 Å². The molecule has 0 N–H and O–H groups in total. The number of carbonyl (C=O) groups excluding carboxylic acids is 1. The molecule has 0 aliphatic carbocycles. The van der Waals surface area contributed by atoms with Crippen molar-refractivity contribution in [1.29, 1.82) is 0 Å². The number of carbonyl (C=O) groups is 1. The van der Waals surface area contributed by atoms with Gasteiger partial charge < -0.3 is 9.47 Å². The molecule has 1 aromatic heterocycles. The van der Waals surface area contributed by atoms with Crippen LogP contribution in [-0.4, -0.2) is 28.8 Å². The van der Waals surface area contributed by atoms with Crippen LogP contribution in [0.1, 0.15) is 36.7 Å². The predicted molar refractivity (Wildman–Crippen MR) is 102 cm³/mol. The van der Waals surface area contributed by atoms with Crippen LogP contribution < -0.4 is 9.47 Å². The van der Waals surface area contributed by atoms with Crippen LogP contribution in [0.25, 0.3) is 10.9 Å². The zero-order valence-corrected chi connectivity index (χ0v) is 16.0. The summed E-state index contributed by atoms with van der Waals surface area (Å²) in [6, 6.07) is 10.00. The van der Waals surface area contributed by atoms with Gasteiger partial charge in [0.25, 0.3) is 0 Å². The first kappa shape index (κ1) is 19.8. The lowest BCUT2D eigenvalue weighted by Gasteiger charge is -2.15. The molecule has 2 aromatic carbocycles. The molecule has 3 rings (SSSR count). The highest BCUT2D eigenvalue weighted by molar-refractivity contribution is 5.97. The fourth-order valence-electron chi connectivity index (χ4n) is 2.85. The SMILES string of the molecule is CC(=O)c1ccc2c(cnn2Cc2cc(OC(F)F)ccc2OCC(C)C)c1. The Morgan fingerprint density at radius 1 is 1.18 bits per heavy atom. The van der Waals surface area contributed by atoms with Crippen LogP contribution in [0.5, 0.6) is 11.5 Å². The molecule has 0 atom stereocenters. The van der Waals surface area contributed by atoms with Crippen molar-refractivity contribution in [3.05, 3.63) is 53.7 Å². The predicted octanol–water partition coefficient (Wildman–Crippen LogP) is 4.92. The molecular formula is C21H22F2N2O3. The number of fused-ring (bicyclic) bond motifs is 1. The summed E-state index contributed by atoms with van der Waals surface area (Å²) in [7, 11) is 0. The molecule has 0 radical (unpaired) electrons. The van der Waals surface area contributed by atoms with E-state index in [1.54, 1.807) is 35.1 Å². The minimum Gasteiger partial charge on any atom is -0.493 e. The molecule has 0 spiro atoms. The summed E-state index contributed by atoms with van der Waals surface area (Å²) in [5, 5.41) is 5.21. The topological polar surface area (TPSA) is 53.4 Å². The van der Waals surface area contributed by atoms with Crippen LogP contribution in [0, 0.1) is 5.92 Å². The highest BCUT2D eigenvalue weighted by Crippen LogP contribution is 2.28. The zero-order valence-electron chi connectivity index (χ0n) is 16.0. The number of Topliss-reactive ketones (excluding diaryl/α,β-unsaturated/α-hetero) is 1. The number of ether oxygens (including phenoxy) is 2. The van der Waals surface area contributed by atoms with E-state index in [1.807, 2.05) is 19.9 Å². The second-order valence-corrected chi connectivity index (χ2v) is 6.98. The van der Waals surface area contributed by atoms with Crippen LogP contribution in [0.3, 0.4) is 0 Å². The number of hydrogen-bond acceptors (Lipinski definition) is 4. The molecule has 1 heterocycles. The highest BCUT2D eigenvalue weighted by atomic mass is 19.3. The van der Waals surface area contributed by atoms with E-state index in [9.17, 15) is 13.6 Å². The number of rotatable bonds is 8. The van der Waals surface area contributed by atoms with Crippen LogP contribution >= 0.6 is 0 Å². The van der Waals surface area contributed by atoms with Crippen molar-refractivity contribution in [1.82, 2.24) is 9.78 Å².